The molecule has 0 spiro atoms. The first-order valence-corrected chi connectivity index (χ1v) is 5.64. The predicted octanol–water partition coefficient (Wildman–Crippen LogP) is -0.628. The van der Waals surface area contributed by atoms with E-state index in [4.69, 9.17) is 25.5 Å². The SMILES string of the molecule is O=C(O)c1ccccn1.O=C1O[C@H]([C@@H](O)CO)C(O)=C1O. The van der Waals surface area contributed by atoms with E-state index < -0.39 is 42.3 Å². The zero-order valence-electron chi connectivity index (χ0n) is 10.6. The minimum Gasteiger partial charge on any atom is -0.505 e. The number of cyclic esters (lactones) is 1. The summed E-state index contributed by atoms with van der Waals surface area (Å²) in [5, 5.41) is 43.4. The summed E-state index contributed by atoms with van der Waals surface area (Å²) in [4.78, 5) is 24.2. The maximum absolute atomic E-state index is 10.5. The molecule has 0 bridgehead atoms. The van der Waals surface area contributed by atoms with Crippen molar-refractivity contribution in [3.63, 3.8) is 0 Å². The summed E-state index contributed by atoms with van der Waals surface area (Å²) < 4.78 is 4.32. The topological polar surface area (TPSA) is 157 Å². The number of carbonyl (C=O) groups excluding carboxylic acids is 1. The van der Waals surface area contributed by atoms with Crippen molar-refractivity contribution in [2.45, 2.75) is 12.2 Å². The third-order valence-electron chi connectivity index (χ3n) is 2.36. The molecule has 5 N–H and O–H groups in total. The molecule has 114 valence electrons. The van der Waals surface area contributed by atoms with E-state index in [0.717, 1.165) is 0 Å². The quantitative estimate of drug-likeness (QED) is 0.458. The van der Waals surface area contributed by atoms with Crippen LogP contribution in [0, 0.1) is 0 Å². The van der Waals surface area contributed by atoms with Crippen LogP contribution in [0.1, 0.15) is 10.5 Å². The molecule has 0 aliphatic carbocycles. The highest BCUT2D eigenvalue weighted by Crippen LogP contribution is 2.20. The van der Waals surface area contributed by atoms with Gasteiger partial charge >= 0.3 is 11.9 Å². The molecule has 21 heavy (non-hydrogen) atoms. The highest BCUT2D eigenvalue weighted by Gasteiger charge is 2.38. The largest absolute Gasteiger partial charge is 0.505 e. The summed E-state index contributed by atoms with van der Waals surface area (Å²) >= 11 is 0. The molecule has 1 aromatic heterocycles. The van der Waals surface area contributed by atoms with E-state index >= 15 is 0 Å². The summed E-state index contributed by atoms with van der Waals surface area (Å²) in [5.41, 5.74) is 0.0810. The fraction of sp³-hybridized carbons (Fsp3) is 0.250. The number of hydrogen-bond donors (Lipinski definition) is 5. The maximum Gasteiger partial charge on any atom is 0.377 e. The van der Waals surface area contributed by atoms with E-state index in [9.17, 15) is 9.59 Å². The summed E-state index contributed by atoms with van der Waals surface area (Å²) in [6.07, 6.45) is -1.33. The zero-order valence-corrected chi connectivity index (χ0v) is 10.6. The van der Waals surface area contributed by atoms with Crippen LogP contribution in [0.2, 0.25) is 0 Å². The van der Waals surface area contributed by atoms with Crippen LogP contribution >= 0.6 is 0 Å². The van der Waals surface area contributed by atoms with E-state index in [1.807, 2.05) is 0 Å². The third-order valence-corrected chi connectivity index (χ3v) is 2.36. The molecule has 0 radical (unpaired) electrons. The maximum atomic E-state index is 10.5. The van der Waals surface area contributed by atoms with Crippen LogP contribution in [0.3, 0.4) is 0 Å². The van der Waals surface area contributed by atoms with Gasteiger partial charge in [-0.05, 0) is 12.1 Å². The van der Waals surface area contributed by atoms with Gasteiger partial charge in [-0.15, -0.1) is 0 Å². The van der Waals surface area contributed by atoms with E-state index in [0.29, 0.717) is 0 Å². The second-order valence-electron chi connectivity index (χ2n) is 3.83. The van der Waals surface area contributed by atoms with Crippen LogP contribution in [0.4, 0.5) is 0 Å². The number of aliphatic hydroxyl groups excluding tert-OH is 4. The van der Waals surface area contributed by atoms with E-state index in [2.05, 4.69) is 9.72 Å². The van der Waals surface area contributed by atoms with Crippen LogP contribution in [0.15, 0.2) is 35.9 Å². The number of carboxylic acid groups (broad SMARTS) is 1. The van der Waals surface area contributed by atoms with Crippen molar-refractivity contribution in [2.75, 3.05) is 6.61 Å². The third kappa shape index (κ3) is 4.16. The molecule has 2 heterocycles. The summed E-state index contributed by atoms with van der Waals surface area (Å²) in [5.74, 6) is -3.77. The van der Waals surface area contributed by atoms with Crippen molar-refractivity contribution in [1.82, 2.24) is 4.98 Å². The molecule has 1 aliphatic heterocycles. The minimum atomic E-state index is -1.42. The normalized spacial score (nSPS) is 18.6. The molecule has 0 aromatic carbocycles. The summed E-state index contributed by atoms with van der Waals surface area (Å²) in [7, 11) is 0. The van der Waals surface area contributed by atoms with Gasteiger partial charge in [0.25, 0.3) is 0 Å². The van der Waals surface area contributed by atoms with Gasteiger partial charge in [0.2, 0.25) is 5.76 Å². The molecule has 0 unspecified atom stereocenters. The Morgan fingerprint density at radius 2 is 2.05 bits per heavy atom. The Bertz CT molecular complexity index is 541. The lowest BCUT2D eigenvalue weighted by Gasteiger charge is -2.13. The molecule has 0 amide bonds. The van der Waals surface area contributed by atoms with Gasteiger partial charge in [0.05, 0.1) is 6.61 Å². The lowest BCUT2D eigenvalue weighted by atomic mass is 10.2. The molecule has 0 saturated heterocycles. The smallest absolute Gasteiger partial charge is 0.377 e. The molecule has 0 fully saturated rings. The fourth-order valence-electron chi connectivity index (χ4n) is 1.31. The standard InChI is InChI=1S/C6H5NO2.C6H8O6/c8-6(9)5-3-1-2-4-7-5;7-1-2(8)5-3(9)4(10)6(11)12-5/h1-4H,(H,8,9);2,5,7-10H,1H2/t;2-,5+/m.0/s1. The Morgan fingerprint density at radius 1 is 1.38 bits per heavy atom. The first kappa shape index (κ1) is 16.4. The number of nitrogens with zero attached hydrogens (tertiary/aromatic N) is 1. The molecule has 1 aliphatic rings. The number of aromatic carboxylic acids is 1. The summed E-state index contributed by atoms with van der Waals surface area (Å²) in [6.45, 7) is -0.671. The average Bonchev–Trinajstić information content (AvgIpc) is 2.75. The van der Waals surface area contributed by atoms with Crippen molar-refractivity contribution in [2.24, 2.45) is 0 Å². The van der Waals surface area contributed by atoms with Gasteiger partial charge in [0.15, 0.2) is 11.9 Å². The number of carboxylic acids is 1. The Labute approximate surface area is 118 Å². The first-order chi connectivity index (χ1) is 9.88. The Hall–Kier alpha value is -2.65. The first-order valence-electron chi connectivity index (χ1n) is 5.64. The highest BCUT2D eigenvalue weighted by atomic mass is 16.6. The Kier molecular flexibility index (Phi) is 5.64. The number of aliphatic hydroxyl groups is 4. The molecule has 2 atom stereocenters. The van der Waals surface area contributed by atoms with E-state index in [1.54, 1.807) is 12.1 Å². The fourth-order valence-corrected chi connectivity index (χ4v) is 1.31. The van der Waals surface area contributed by atoms with Crippen molar-refractivity contribution >= 4 is 11.9 Å². The second kappa shape index (κ2) is 7.22. The van der Waals surface area contributed by atoms with E-state index in [1.165, 1.54) is 12.3 Å². The second-order valence-corrected chi connectivity index (χ2v) is 3.83. The molecule has 1 aromatic rings. The van der Waals surface area contributed by atoms with Crippen LogP contribution in [0.25, 0.3) is 0 Å². The number of esters is 1. The van der Waals surface area contributed by atoms with Crippen molar-refractivity contribution in [3.8, 4) is 0 Å². The Morgan fingerprint density at radius 3 is 2.38 bits per heavy atom. The van der Waals surface area contributed by atoms with Gasteiger partial charge in [-0.3, -0.25) is 0 Å². The van der Waals surface area contributed by atoms with Gasteiger partial charge in [-0.25, -0.2) is 14.6 Å². The summed E-state index contributed by atoms with van der Waals surface area (Å²) in [6, 6.07) is 4.76. The number of pyridine rings is 1. The van der Waals surface area contributed by atoms with Gasteiger partial charge in [-0.1, -0.05) is 6.07 Å². The molecule has 9 heteroatoms. The van der Waals surface area contributed by atoms with E-state index in [-0.39, 0.29) is 5.69 Å². The number of ether oxygens (including phenoxy) is 1. The molecule has 9 nitrogen and oxygen atoms in total. The minimum absolute atomic E-state index is 0.0810. The molecular formula is C12H13NO8. The highest BCUT2D eigenvalue weighted by molar-refractivity contribution is 5.89. The zero-order chi connectivity index (χ0) is 16.0. The number of carbonyl (C=O) groups is 2. The number of rotatable bonds is 3. The van der Waals surface area contributed by atoms with Crippen LogP contribution in [-0.2, 0) is 9.53 Å². The molecule has 0 saturated carbocycles. The van der Waals surface area contributed by atoms with Gasteiger partial charge < -0.3 is 30.3 Å². The van der Waals surface area contributed by atoms with Crippen LogP contribution in [-0.4, -0.2) is 61.3 Å². The Balaban J connectivity index is 0.000000219. The van der Waals surface area contributed by atoms with Crippen LogP contribution in [0.5, 0.6) is 0 Å². The van der Waals surface area contributed by atoms with Crippen molar-refractivity contribution < 1.29 is 39.9 Å². The number of aromatic nitrogens is 1. The molecule has 2 rings (SSSR count). The average molecular weight is 299 g/mol. The predicted molar refractivity (Wildman–Crippen MR) is 66.5 cm³/mol. The number of hydrogen-bond acceptors (Lipinski definition) is 8. The van der Waals surface area contributed by atoms with Crippen molar-refractivity contribution in [3.05, 3.63) is 41.6 Å². The van der Waals surface area contributed by atoms with Crippen LogP contribution < -0.4 is 0 Å². The molecular weight excluding hydrogens is 286 g/mol. The van der Waals surface area contributed by atoms with Crippen molar-refractivity contribution in [1.29, 1.82) is 0 Å². The van der Waals surface area contributed by atoms with Gasteiger partial charge in [-0.2, -0.15) is 0 Å². The van der Waals surface area contributed by atoms with Gasteiger partial charge in [0, 0.05) is 6.20 Å². The lowest BCUT2D eigenvalue weighted by Crippen LogP contribution is -2.31. The lowest BCUT2D eigenvalue weighted by molar-refractivity contribution is -0.147. The van der Waals surface area contributed by atoms with Gasteiger partial charge in [0.1, 0.15) is 11.8 Å². The monoisotopic (exact) mass is 299 g/mol.